The molecule has 2 aromatic rings. The topological polar surface area (TPSA) is 81.5 Å². The van der Waals surface area contributed by atoms with E-state index >= 15 is 0 Å². The van der Waals surface area contributed by atoms with E-state index in [1.165, 1.54) is 18.2 Å². The van der Waals surface area contributed by atoms with Crippen LogP contribution in [0.15, 0.2) is 53.0 Å². The van der Waals surface area contributed by atoms with Gasteiger partial charge in [0.05, 0.1) is 28.1 Å². The average Bonchev–Trinajstić information content (AvgIpc) is 2.60. The monoisotopic (exact) mass is 404 g/mol. The van der Waals surface area contributed by atoms with Gasteiger partial charge in [-0.3, -0.25) is 14.9 Å². The number of rotatable bonds is 6. The van der Waals surface area contributed by atoms with Crippen molar-refractivity contribution in [2.24, 2.45) is 0 Å². The molecule has 0 aliphatic rings. The van der Waals surface area contributed by atoms with Crippen LogP contribution in [-0.4, -0.2) is 17.9 Å². The second-order valence-electron chi connectivity index (χ2n) is 5.27. The minimum atomic E-state index is -0.477. The molecule has 7 heteroatoms. The van der Waals surface area contributed by atoms with Gasteiger partial charge in [-0.2, -0.15) is 0 Å². The standard InChI is InChI=1S/C18H17BrN2O4/c1-12(14-7-9-17(25-2)15(19)11-14)20-18(22)10-8-13-5-3-4-6-16(13)21(23)24/h3-12H,1-2H3,(H,20,22)/b10-8+/t12-/m0/s1. The lowest BCUT2D eigenvalue weighted by Gasteiger charge is -2.14. The van der Waals surface area contributed by atoms with Crippen molar-refractivity contribution in [1.29, 1.82) is 0 Å². The van der Waals surface area contributed by atoms with E-state index < -0.39 is 4.92 Å². The molecule has 2 rings (SSSR count). The van der Waals surface area contributed by atoms with Gasteiger partial charge in [0.2, 0.25) is 5.91 Å². The molecule has 0 unspecified atom stereocenters. The summed E-state index contributed by atoms with van der Waals surface area (Å²) < 4.78 is 5.97. The molecule has 0 radical (unpaired) electrons. The van der Waals surface area contributed by atoms with Crippen molar-refractivity contribution in [1.82, 2.24) is 5.32 Å². The Morgan fingerprint density at radius 2 is 2.04 bits per heavy atom. The number of nitro groups is 1. The third-order valence-corrected chi connectivity index (χ3v) is 4.20. The summed E-state index contributed by atoms with van der Waals surface area (Å²) in [5.74, 6) is 0.371. The summed E-state index contributed by atoms with van der Waals surface area (Å²) in [7, 11) is 1.58. The van der Waals surface area contributed by atoms with E-state index in [0.717, 1.165) is 10.0 Å². The maximum absolute atomic E-state index is 12.1. The number of nitrogens with one attached hydrogen (secondary N) is 1. The third-order valence-electron chi connectivity index (χ3n) is 3.58. The van der Waals surface area contributed by atoms with Gasteiger partial charge in [-0.1, -0.05) is 18.2 Å². The van der Waals surface area contributed by atoms with Gasteiger partial charge < -0.3 is 10.1 Å². The lowest BCUT2D eigenvalue weighted by molar-refractivity contribution is -0.385. The van der Waals surface area contributed by atoms with Crippen LogP contribution in [0.1, 0.15) is 24.1 Å². The Kier molecular flexibility index (Phi) is 6.30. The summed E-state index contributed by atoms with van der Waals surface area (Å²) in [4.78, 5) is 22.6. The third kappa shape index (κ3) is 4.90. The van der Waals surface area contributed by atoms with Gasteiger partial charge in [0.25, 0.3) is 5.69 Å². The SMILES string of the molecule is COc1ccc([C@H](C)NC(=O)/C=C/c2ccccc2[N+](=O)[O-])cc1Br. The molecule has 0 saturated carbocycles. The van der Waals surface area contributed by atoms with E-state index in [1.807, 2.05) is 25.1 Å². The average molecular weight is 405 g/mol. The van der Waals surface area contributed by atoms with Crippen LogP contribution in [0, 0.1) is 10.1 Å². The van der Waals surface area contributed by atoms with Crippen LogP contribution in [0.25, 0.3) is 6.08 Å². The van der Waals surface area contributed by atoms with Crippen molar-refractivity contribution in [2.75, 3.05) is 7.11 Å². The zero-order valence-corrected chi connectivity index (χ0v) is 15.3. The first kappa shape index (κ1) is 18.7. The Balaban J connectivity index is 2.07. The van der Waals surface area contributed by atoms with E-state index in [1.54, 1.807) is 25.3 Å². The Morgan fingerprint density at radius 1 is 1.32 bits per heavy atom. The smallest absolute Gasteiger partial charge is 0.276 e. The summed E-state index contributed by atoms with van der Waals surface area (Å²) >= 11 is 3.41. The molecule has 0 aliphatic carbocycles. The van der Waals surface area contributed by atoms with Crippen LogP contribution < -0.4 is 10.1 Å². The van der Waals surface area contributed by atoms with Gasteiger partial charge in [0.1, 0.15) is 5.75 Å². The first-order valence-electron chi connectivity index (χ1n) is 7.48. The number of carbonyl (C=O) groups excluding carboxylic acids is 1. The number of nitrogens with zero attached hydrogens (tertiary/aromatic N) is 1. The van der Waals surface area contributed by atoms with Gasteiger partial charge in [0.15, 0.2) is 0 Å². The zero-order valence-electron chi connectivity index (χ0n) is 13.7. The first-order valence-corrected chi connectivity index (χ1v) is 8.27. The molecule has 0 fully saturated rings. The number of amides is 1. The molecule has 0 saturated heterocycles. The second-order valence-corrected chi connectivity index (χ2v) is 6.13. The molecule has 6 nitrogen and oxygen atoms in total. The summed E-state index contributed by atoms with van der Waals surface area (Å²) in [6, 6.07) is 11.6. The van der Waals surface area contributed by atoms with Crippen LogP contribution in [0.3, 0.4) is 0 Å². The summed E-state index contributed by atoms with van der Waals surface area (Å²) in [5.41, 5.74) is 1.24. The lowest BCUT2D eigenvalue weighted by Crippen LogP contribution is -2.24. The molecule has 1 amide bonds. The largest absolute Gasteiger partial charge is 0.496 e. The van der Waals surface area contributed by atoms with Crippen molar-refractivity contribution in [3.8, 4) is 5.75 Å². The predicted molar refractivity (Wildman–Crippen MR) is 99.4 cm³/mol. The number of benzene rings is 2. The number of hydrogen-bond acceptors (Lipinski definition) is 4. The van der Waals surface area contributed by atoms with Crippen molar-refractivity contribution >= 4 is 33.6 Å². The molecule has 0 aromatic heterocycles. The molecule has 2 aromatic carbocycles. The van der Waals surface area contributed by atoms with Gasteiger partial charge in [-0.05, 0) is 52.7 Å². The van der Waals surface area contributed by atoms with Crippen LogP contribution in [-0.2, 0) is 4.79 Å². The van der Waals surface area contributed by atoms with Crippen LogP contribution in [0.2, 0.25) is 0 Å². The molecule has 0 spiro atoms. The molecule has 0 bridgehead atoms. The summed E-state index contributed by atoms with van der Waals surface area (Å²) in [5, 5.41) is 13.8. The maximum atomic E-state index is 12.1. The molecular weight excluding hydrogens is 388 g/mol. The highest BCUT2D eigenvalue weighted by molar-refractivity contribution is 9.10. The summed E-state index contributed by atoms with van der Waals surface area (Å²) in [6.45, 7) is 1.85. The molecule has 130 valence electrons. The minimum absolute atomic E-state index is 0.0429. The number of para-hydroxylation sites is 1. The van der Waals surface area contributed by atoms with Crippen molar-refractivity contribution in [3.05, 3.63) is 74.3 Å². The molecule has 1 N–H and O–H groups in total. The van der Waals surface area contributed by atoms with Crippen molar-refractivity contribution in [3.63, 3.8) is 0 Å². The van der Waals surface area contributed by atoms with Gasteiger partial charge >= 0.3 is 0 Å². The molecular formula is C18H17BrN2O4. The number of halogens is 1. The Bertz CT molecular complexity index is 820. The van der Waals surface area contributed by atoms with Crippen LogP contribution in [0.5, 0.6) is 5.75 Å². The maximum Gasteiger partial charge on any atom is 0.276 e. The fourth-order valence-corrected chi connectivity index (χ4v) is 2.82. The van der Waals surface area contributed by atoms with Gasteiger partial charge in [-0.25, -0.2) is 0 Å². The van der Waals surface area contributed by atoms with E-state index in [4.69, 9.17) is 4.74 Å². The number of hydrogen-bond donors (Lipinski definition) is 1. The van der Waals surface area contributed by atoms with Gasteiger partial charge in [-0.15, -0.1) is 0 Å². The van der Waals surface area contributed by atoms with Crippen LogP contribution in [0.4, 0.5) is 5.69 Å². The molecule has 25 heavy (non-hydrogen) atoms. The molecule has 1 atom stereocenters. The second kappa shape index (κ2) is 8.43. The number of carbonyl (C=O) groups is 1. The predicted octanol–water partition coefficient (Wildman–Crippen LogP) is 4.26. The van der Waals surface area contributed by atoms with Crippen molar-refractivity contribution < 1.29 is 14.5 Å². The quantitative estimate of drug-likeness (QED) is 0.443. The Morgan fingerprint density at radius 3 is 2.68 bits per heavy atom. The van der Waals surface area contributed by atoms with E-state index in [-0.39, 0.29) is 17.6 Å². The van der Waals surface area contributed by atoms with E-state index in [0.29, 0.717) is 11.3 Å². The first-order chi connectivity index (χ1) is 11.9. The highest BCUT2D eigenvalue weighted by Gasteiger charge is 2.12. The Labute approximate surface area is 153 Å². The fourth-order valence-electron chi connectivity index (χ4n) is 2.26. The van der Waals surface area contributed by atoms with Crippen molar-refractivity contribution in [2.45, 2.75) is 13.0 Å². The number of ether oxygens (including phenoxy) is 1. The lowest BCUT2D eigenvalue weighted by atomic mass is 10.1. The van der Waals surface area contributed by atoms with E-state index in [2.05, 4.69) is 21.2 Å². The minimum Gasteiger partial charge on any atom is -0.496 e. The highest BCUT2D eigenvalue weighted by Crippen LogP contribution is 2.28. The van der Waals surface area contributed by atoms with Crippen LogP contribution >= 0.6 is 15.9 Å². The summed E-state index contributed by atoms with van der Waals surface area (Å²) in [6.07, 6.45) is 2.72. The van der Waals surface area contributed by atoms with Gasteiger partial charge in [0, 0.05) is 12.1 Å². The normalized spacial score (nSPS) is 12.0. The Hall–Kier alpha value is -2.67. The molecule has 0 heterocycles. The zero-order chi connectivity index (χ0) is 18.4. The number of methoxy groups -OCH3 is 1. The highest BCUT2D eigenvalue weighted by atomic mass is 79.9. The number of nitro benzene ring substituents is 1. The fraction of sp³-hybridized carbons (Fsp3) is 0.167. The van der Waals surface area contributed by atoms with E-state index in [9.17, 15) is 14.9 Å². The molecule has 0 aliphatic heterocycles.